The number of likely N-dealkylation sites (N-methyl/N-ethyl adjacent to an activating group) is 1. The van der Waals surface area contributed by atoms with Gasteiger partial charge in [-0.1, -0.05) is 28.1 Å². The van der Waals surface area contributed by atoms with E-state index < -0.39 is 0 Å². The molecule has 3 nitrogen and oxygen atoms in total. The second-order valence-corrected chi connectivity index (χ2v) is 5.18. The second-order valence-electron chi connectivity index (χ2n) is 4.27. The van der Waals surface area contributed by atoms with Crippen molar-refractivity contribution < 1.29 is 4.79 Å². The molecule has 1 atom stereocenters. The first-order valence-corrected chi connectivity index (χ1v) is 6.78. The van der Waals surface area contributed by atoms with Gasteiger partial charge in [-0.15, -0.1) is 0 Å². The summed E-state index contributed by atoms with van der Waals surface area (Å²) in [5, 5.41) is 8.79. The number of nitriles is 1. The largest absolute Gasteiger partial charge is 0.341 e. The Kier molecular flexibility index (Phi) is 5.87. The van der Waals surface area contributed by atoms with Crippen LogP contribution in [0.1, 0.15) is 19.4 Å². The average molecular weight is 309 g/mol. The molecule has 0 aliphatic carbocycles. The number of hydrogen-bond donors (Lipinski definition) is 0. The molecule has 0 saturated heterocycles. The summed E-state index contributed by atoms with van der Waals surface area (Å²) >= 11 is 3.36. The van der Waals surface area contributed by atoms with Gasteiger partial charge < -0.3 is 4.90 Å². The molecule has 0 aromatic heterocycles. The van der Waals surface area contributed by atoms with E-state index in [2.05, 4.69) is 22.0 Å². The zero-order valence-electron chi connectivity index (χ0n) is 10.7. The molecule has 1 rings (SSSR count). The SMILES string of the molecule is CCN(CC(C)C#N)C(=O)Cc1ccc(Br)cc1. The number of hydrogen-bond acceptors (Lipinski definition) is 2. The molecule has 96 valence electrons. The Morgan fingerprint density at radius 2 is 2.06 bits per heavy atom. The van der Waals surface area contributed by atoms with E-state index in [0.717, 1.165) is 10.0 Å². The second kappa shape index (κ2) is 7.17. The van der Waals surface area contributed by atoms with Gasteiger partial charge in [-0.2, -0.15) is 5.26 Å². The molecule has 0 aliphatic heterocycles. The van der Waals surface area contributed by atoms with Crippen LogP contribution in [0.4, 0.5) is 0 Å². The van der Waals surface area contributed by atoms with Crippen LogP contribution < -0.4 is 0 Å². The highest BCUT2D eigenvalue weighted by atomic mass is 79.9. The van der Waals surface area contributed by atoms with Crippen LogP contribution in [-0.2, 0) is 11.2 Å². The summed E-state index contributed by atoms with van der Waals surface area (Å²) in [6.45, 7) is 4.91. The molecule has 18 heavy (non-hydrogen) atoms. The molecule has 0 fully saturated rings. The molecular weight excluding hydrogens is 292 g/mol. The first-order chi connectivity index (χ1) is 8.56. The first kappa shape index (κ1) is 14.7. The Labute approximate surface area is 117 Å². The molecule has 0 spiro atoms. The van der Waals surface area contributed by atoms with Gasteiger partial charge in [0.05, 0.1) is 18.4 Å². The van der Waals surface area contributed by atoms with Crippen LogP contribution >= 0.6 is 15.9 Å². The Hall–Kier alpha value is -1.34. The lowest BCUT2D eigenvalue weighted by Crippen LogP contribution is -2.35. The minimum Gasteiger partial charge on any atom is -0.341 e. The molecule has 0 saturated carbocycles. The monoisotopic (exact) mass is 308 g/mol. The Bertz CT molecular complexity index is 436. The number of carbonyl (C=O) groups is 1. The summed E-state index contributed by atoms with van der Waals surface area (Å²) in [7, 11) is 0. The summed E-state index contributed by atoms with van der Waals surface area (Å²) in [6.07, 6.45) is 0.388. The highest BCUT2D eigenvalue weighted by Crippen LogP contribution is 2.12. The van der Waals surface area contributed by atoms with Crippen molar-refractivity contribution in [3.63, 3.8) is 0 Å². The van der Waals surface area contributed by atoms with Crippen LogP contribution in [0.5, 0.6) is 0 Å². The summed E-state index contributed by atoms with van der Waals surface area (Å²) < 4.78 is 1.00. The maximum atomic E-state index is 12.1. The fraction of sp³-hybridized carbons (Fsp3) is 0.429. The highest BCUT2D eigenvalue weighted by molar-refractivity contribution is 9.10. The third-order valence-corrected chi connectivity index (χ3v) is 3.25. The van der Waals surface area contributed by atoms with Crippen molar-refractivity contribution in [2.75, 3.05) is 13.1 Å². The van der Waals surface area contributed by atoms with Crippen LogP contribution in [0.2, 0.25) is 0 Å². The van der Waals surface area contributed by atoms with Crippen molar-refractivity contribution in [2.24, 2.45) is 5.92 Å². The van der Waals surface area contributed by atoms with Gasteiger partial charge in [-0.25, -0.2) is 0 Å². The van der Waals surface area contributed by atoms with E-state index in [4.69, 9.17) is 5.26 Å². The lowest BCUT2D eigenvalue weighted by Gasteiger charge is -2.22. The Balaban J connectivity index is 2.62. The predicted molar refractivity (Wildman–Crippen MR) is 74.9 cm³/mol. The Morgan fingerprint density at radius 1 is 1.44 bits per heavy atom. The van der Waals surface area contributed by atoms with Crippen molar-refractivity contribution in [1.29, 1.82) is 5.26 Å². The number of amides is 1. The number of nitrogens with zero attached hydrogens (tertiary/aromatic N) is 2. The van der Waals surface area contributed by atoms with Crippen LogP contribution in [0.15, 0.2) is 28.7 Å². The standard InChI is InChI=1S/C14H17BrN2O/c1-3-17(10-11(2)9-16)14(18)8-12-4-6-13(15)7-5-12/h4-7,11H,3,8,10H2,1-2H3. The predicted octanol–water partition coefficient (Wildman–Crippen LogP) is 3.00. The minimum atomic E-state index is -0.126. The van der Waals surface area contributed by atoms with Gasteiger partial charge in [0, 0.05) is 17.6 Å². The maximum absolute atomic E-state index is 12.1. The van der Waals surface area contributed by atoms with Crippen molar-refractivity contribution in [1.82, 2.24) is 4.90 Å². The van der Waals surface area contributed by atoms with Gasteiger partial charge in [0.25, 0.3) is 0 Å². The van der Waals surface area contributed by atoms with E-state index in [0.29, 0.717) is 19.5 Å². The smallest absolute Gasteiger partial charge is 0.227 e. The lowest BCUT2D eigenvalue weighted by atomic mass is 10.1. The number of carbonyl (C=O) groups excluding carboxylic acids is 1. The van der Waals surface area contributed by atoms with Gasteiger partial charge in [0.15, 0.2) is 0 Å². The normalized spacial score (nSPS) is 11.7. The number of rotatable bonds is 5. The van der Waals surface area contributed by atoms with Crippen molar-refractivity contribution in [3.8, 4) is 6.07 Å². The minimum absolute atomic E-state index is 0.0712. The number of halogens is 1. The van der Waals surface area contributed by atoms with Crippen LogP contribution in [0.3, 0.4) is 0 Å². The molecular formula is C14H17BrN2O. The van der Waals surface area contributed by atoms with Crippen molar-refractivity contribution in [3.05, 3.63) is 34.3 Å². The summed E-state index contributed by atoms with van der Waals surface area (Å²) in [5.41, 5.74) is 0.992. The zero-order valence-corrected chi connectivity index (χ0v) is 12.3. The van der Waals surface area contributed by atoms with Gasteiger partial charge in [0.2, 0.25) is 5.91 Å². The molecule has 1 amide bonds. The fourth-order valence-electron chi connectivity index (χ4n) is 1.67. The fourth-order valence-corrected chi connectivity index (χ4v) is 1.93. The summed E-state index contributed by atoms with van der Waals surface area (Å²) in [6, 6.07) is 9.88. The van der Waals surface area contributed by atoms with E-state index >= 15 is 0 Å². The number of benzene rings is 1. The molecule has 1 unspecified atom stereocenters. The quantitative estimate of drug-likeness (QED) is 0.839. The molecule has 0 aliphatic rings. The summed E-state index contributed by atoms with van der Waals surface area (Å²) in [4.78, 5) is 13.8. The van der Waals surface area contributed by atoms with Gasteiger partial charge in [-0.05, 0) is 31.5 Å². The molecule has 4 heteroatoms. The van der Waals surface area contributed by atoms with E-state index in [1.54, 1.807) is 4.90 Å². The molecule has 0 heterocycles. The van der Waals surface area contributed by atoms with Crippen LogP contribution in [0, 0.1) is 17.2 Å². The van der Waals surface area contributed by atoms with E-state index in [1.165, 1.54) is 0 Å². The van der Waals surface area contributed by atoms with Gasteiger partial charge >= 0.3 is 0 Å². The third kappa shape index (κ3) is 4.50. The maximum Gasteiger partial charge on any atom is 0.227 e. The van der Waals surface area contributed by atoms with E-state index in [9.17, 15) is 4.79 Å². The molecule has 0 N–H and O–H groups in total. The molecule has 1 aromatic rings. The van der Waals surface area contributed by atoms with Gasteiger partial charge in [-0.3, -0.25) is 4.79 Å². The van der Waals surface area contributed by atoms with Gasteiger partial charge in [0.1, 0.15) is 0 Å². The summed E-state index contributed by atoms with van der Waals surface area (Å²) in [5.74, 6) is -0.0549. The van der Waals surface area contributed by atoms with Crippen LogP contribution in [-0.4, -0.2) is 23.9 Å². The van der Waals surface area contributed by atoms with Crippen molar-refractivity contribution in [2.45, 2.75) is 20.3 Å². The first-order valence-electron chi connectivity index (χ1n) is 5.98. The lowest BCUT2D eigenvalue weighted by molar-refractivity contribution is -0.130. The molecule has 0 radical (unpaired) electrons. The van der Waals surface area contributed by atoms with Crippen LogP contribution in [0.25, 0.3) is 0 Å². The highest BCUT2D eigenvalue weighted by Gasteiger charge is 2.14. The zero-order chi connectivity index (χ0) is 13.5. The van der Waals surface area contributed by atoms with E-state index in [-0.39, 0.29) is 11.8 Å². The topological polar surface area (TPSA) is 44.1 Å². The Morgan fingerprint density at radius 3 is 2.56 bits per heavy atom. The van der Waals surface area contributed by atoms with E-state index in [1.807, 2.05) is 38.1 Å². The molecule has 1 aromatic carbocycles. The average Bonchev–Trinajstić information content (AvgIpc) is 2.38. The van der Waals surface area contributed by atoms with Crippen molar-refractivity contribution >= 4 is 21.8 Å². The molecule has 0 bridgehead atoms. The third-order valence-electron chi connectivity index (χ3n) is 2.72.